The zero-order chi connectivity index (χ0) is 17.8. The Morgan fingerprint density at radius 2 is 1.61 bits per heavy atom. The van der Waals surface area contributed by atoms with Gasteiger partial charge in [0.25, 0.3) is 0 Å². The number of esters is 1. The maximum atomic E-state index is 11.7. The number of carbonyl (C=O) groups excluding carboxylic acids is 1. The zero-order valence-corrected chi connectivity index (χ0v) is 16.8. The van der Waals surface area contributed by atoms with Gasteiger partial charge in [-0.2, -0.15) is 0 Å². The molecule has 0 bridgehead atoms. The molecule has 0 radical (unpaired) electrons. The summed E-state index contributed by atoms with van der Waals surface area (Å²) < 4.78 is 10.7. The Morgan fingerprint density at radius 1 is 1.09 bits per heavy atom. The summed E-state index contributed by atoms with van der Waals surface area (Å²) in [7, 11) is -0.399. The van der Waals surface area contributed by atoms with E-state index in [-0.39, 0.29) is 18.0 Å². The van der Waals surface area contributed by atoms with Crippen molar-refractivity contribution in [1.29, 1.82) is 0 Å². The van der Waals surface area contributed by atoms with Crippen LogP contribution in [0.5, 0.6) is 0 Å². The van der Waals surface area contributed by atoms with E-state index in [1.165, 1.54) is 7.11 Å². The average Bonchev–Trinajstić information content (AvgIpc) is 2.47. The predicted molar refractivity (Wildman–Crippen MR) is 97.8 cm³/mol. The summed E-state index contributed by atoms with van der Waals surface area (Å²) in [5.74, 6) is 3.22. The molecule has 23 heavy (non-hydrogen) atoms. The summed E-state index contributed by atoms with van der Waals surface area (Å²) in [4.78, 5) is 11.7. The van der Waals surface area contributed by atoms with Gasteiger partial charge in [0, 0.05) is 5.92 Å². The standard InChI is InChI=1S/C19H32O3Si/c1-13(2)23(14(3)4,15(5)6)12-11-17-16(7)9-10-18(22-17)19(20)21-8/h9-10,13-18H,1-8H3/t16-,17+,18+/m1/s1. The molecule has 1 aliphatic rings. The summed E-state index contributed by atoms with van der Waals surface area (Å²) in [5, 5.41) is 0. The molecule has 0 fully saturated rings. The molecule has 0 aromatic carbocycles. The molecule has 4 heteroatoms. The fraction of sp³-hybridized carbons (Fsp3) is 0.737. The highest BCUT2D eigenvalue weighted by molar-refractivity contribution is 6.90. The minimum Gasteiger partial charge on any atom is -0.467 e. The van der Waals surface area contributed by atoms with Gasteiger partial charge in [0.2, 0.25) is 0 Å². The van der Waals surface area contributed by atoms with Crippen LogP contribution in [0.25, 0.3) is 0 Å². The number of carbonyl (C=O) groups is 1. The molecule has 1 rings (SSSR count). The van der Waals surface area contributed by atoms with Crippen molar-refractivity contribution in [3.63, 3.8) is 0 Å². The maximum Gasteiger partial charge on any atom is 0.339 e. The van der Waals surface area contributed by atoms with Gasteiger partial charge in [-0.1, -0.05) is 60.5 Å². The molecule has 0 saturated heterocycles. The second-order valence-corrected chi connectivity index (χ2v) is 13.0. The summed E-state index contributed by atoms with van der Waals surface area (Å²) in [5.41, 5.74) is 5.44. The number of hydrogen-bond donors (Lipinski definition) is 0. The third kappa shape index (κ3) is 4.27. The first-order chi connectivity index (χ1) is 10.7. The SMILES string of the molecule is COC(=O)[C@@H]1C=C[C@@H](C)[C@H](C#C[Si](C(C)C)(C(C)C)C(C)C)O1. The number of methoxy groups -OCH3 is 1. The molecular weight excluding hydrogens is 304 g/mol. The van der Waals surface area contributed by atoms with E-state index in [9.17, 15) is 4.79 Å². The van der Waals surface area contributed by atoms with E-state index in [1.54, 1.807) is 6.08 Å². The lowest BCUT2D eigenvalue weighted by molar-refractivity contribution is -0.154. The van der Waals surface area contributed by atoms with Crippen LogP contribution < -0.4 is 0 Å². The minimum atomic E-state index is -1.78. The molecule has 0 N–H and O–H groups in total. The van der Waals surface area contributed by atoms with Crippen molar-refractivity contribution in [2.45, 2.75) is 77.3 Å². The van der Waals surface area contributed by atoms with Gasteiger partial charge in [-0.15, -0.1) is 5.54 Å². The first kappa shape index (κ1) is 20.0. The van der Waals surface area contributed by atoms with Crippen LogP contribution in [0.3, 0.4) is 0 Å². The number of rotatable bonds is 4. The molecule has 0 aromatic heterocycles. The largest absolute Gasteiger partial charge is 0.467 e. The first-order valence-corrected chi connectivity index (χ1v) is 10.8. The van der Waals surface area contributed by atoms with Crippen LogP contribution in [0.4, 0.5) is 0 Å². The molecule has 0 aromatic rings. The molecule has 3 atom stereocenters. The molecule has 0 aliphatic carbocycles. The Morgan fingerprint density at radius 3 is 2.04 bits per heavy atom. The predicted octanol–water partition coefficient (Wildman–Crippen LogP) is 4.34. The van der Waals surface area contributed by atoms with E-state index in [4.69, 9.17) is 9.47 Å². The van der Waals surface area contributed by atoms with Crippen LogP contribution in [0.2, 0.25) is 16.6 Å². The zero-order valence-electron chi connectivity index (χ0n) is 15.8. The fourth-order valence-corrected chi connectivity index (χ4v) is 9.01. The van der Waals surface area contributed by atoms with Crippen molar-refractivity contribution in [3.05, 3.63) is 12.2 Å². The number of hydrogen-bond acceptors (Lipinski definition) is 3. The van der Waals surface area contributed by atoms with Gasteiger partial charge in [0.05, 0.1) is 7.11 Å². The normalized spacial score (nSPS) is 24.7. The van der Waals surface area contributed by atoms with Crippen molar-refractivity contribution in [1.82, 2.24) is 0 Å². The van der Waals surface area contributed by atoms with E-state index in [0.29, 0.717) is 16.6 Å². The van der Waals surface area contributed by atoms with E-state index in [2.05, 4.69) is 59.9 Å². The molecule has 1 heterocycles. The fourth-order valence-electron chi connectivity index (χ4n) is 3.75. The van der Waals surface area contributed by atoms with Crippen LogP contribution in [-0.2, 0) is 14.3 Å². The van der Waals surface area contributed by atoms with Crippen molar-refractivity contribution < 1.29 is 14.3 Å². The quantitative estimate of drug-likeness (QED) is 0.331. The van der Waals surface area contributed by atoms with Crippen LogP contribution in [0, 0.1) is 17.4 Å². The van der Waals surface area contributed by atoms with Gasteiger partial charge in [-0.05, 0) is 22.7 Å². The van der Waals surface area contributed by atoms with Gasteiger partial charge < -0.3 is 9.47 Å². The van der Waals surface area contributed by atoms with Crippen LogP contribution in [-0.4, -0.2) is 33.4 Å². The number of ether oxygens (including phenoxy) is 2. The van der Waals surface area contributed by atoms with Crippen LogP contribution in [0.15, 0.2) is 12.2 Å². The molecule has 0 spiro atoms. The van der Waals surface area contributed by atoms with Crippen molar-refractivity contribution in [2.24, 2.45) is 5.92 Å². The summed E-state index contributed by atoms with van der Waals surface area (Å²) >= 11 is 0. The highest BCUT2D eigenvalue weighted by Crippen LogP contribution is 2.40. The molecule has 0 saturated carbocycles. The van der Waals surface area contributed by atoms with Gasteiger partial charge in [0.1, 0.15) is 14.2 Å². The Balaban J connectivity index is 3.11. The minimum absolute atomic E-state index is 0.182. The highest BCUT2D eigenvalue weighted by Gasteiger charge is 2.42. The summed E-state index contributed by atoms with van der Waals surface area (Å²) in [6, 6.07) is 0. The first-order valence-electron chi connectivity index (χ1n) is 8.61. The Bertz CT molecular complexity index is 475. The topological polar surface area (TPSA) is 35.5 Å². The van der Waals surface area contributed by atoms with Crippen molar-refractivity contribution in [2.75, 3.05) is 7.11 Å². The van der Waals surface area contributed by atoms with Crippen molar-refractivity contribution in [3.8, 4) is 11.5 Å². The van der Waals surface area contributed by atoms with Crippen molar-refractivity contribution >= 4 is 14.0 Å². The molecule has 3 nitrogen and oxygen atoms in total. The Kier molecular flexibility index (Phi) is 7.10. The Hall–Kier alpha value is -1.05. The smallest absolute Gasteiger partial charge is 0.339 e. The second-order valence-electron chi connectivity index (χ2n) is 7.41. The lowest BCUT2D eigenvalue weighted by Crippen LogP contribution is -2.44. The van der Waals surface area contributed by atoms with Gasteiger partial charge in [-0.3, -0.25) is 0 Å². The average molecular weight is 337 g/mol. The molecule has 1 aliphatic heterocycles. The Labute approximate surface area is 142 Å². The maximum absolute atomic E-state index is 11.7. The molecule has 130 valence electrons. The van der Waals surface area contributed by atoms with E-state index in [0.717, 1.165) is 0 Å². The summed E-state index contributed by atoms with van der Waals surface area (Å²) in [6.07, 6.45) is 2.90. The summed E-state index contributed by atoms with van der Waals surface area (Å²) in [6.45, 7) is 15.8. The van der Waals surface area contributed by atoms with Gasteiger partial charge >= 0.3 is 5.97 Å². The monoisotopic (exact) mass is 336 g/mol. The van der Waals surface area contributed by atoms with E-state index >= 15 is 0 Å². The lowest BCUT2D eigenvalue weighted by Gasteiger charge is -2.38. The van der Waals surface area contributed by atoms with E-state index < -0.39 is 14.2 Å². The molecule has 0 unspecified atom stereocenters. The third-order valence-electron chi connectivity index (χ3n) is 5.09. The lowest BCUT2D eigenvalue weighted by atomic mass is 10.0. The van der Waals surface area contributed by atoms with Gasteiger partial charge in [-0.25, -0.2) is 4.79 Å². The second kappa shape index (κ2) is 8.17. The molecular formula is C19H32O3Si. The van der Waals surface area contributed by atoms with Gasteiger partial charge in [0.15, 0.2) is 6.10 Å². The molecule has 0 amide bonds. The third-order valence-corrected chi connectivity index (χ3v) is 11.4. The highest BCUT2D eigenvalue weighted by atomic mass is 28.3. The van der Waals surface area contributed by atoms with E-state index in [1.807, 2.05) is 6.08 Å². The van der Waals surface area contributed by atoms with Crippen LogP contribution >= 0.6 is 0 Å². The van der Waals surface area contributed by atoms with Crippen LogP contribution in [0.1, 0.15) is 48.5 Å².